The Morgan fingerprint density at radius 2 is 1.88 bits per heavy atom. The van der Waals surface area contributed by atoms with Crippen LogP contribution in [0.2, 0.25) is 0 Å². The summed E-state index contributed by atoms with van der Waals surface area (Å²) >= 11 is 1.76. The normalized spacial score (nSPS) is 16.3. The van der Waals surface area contributed by atoms with Crippen LogP contribution in [0.25, 0.3) is 10.2 Å². The van der Waals surface area contributed by atoms with Crippen LogP contribution in [-0.2, 0) is 6.54 Å². The summed E-state index contributed by atoms with van der Waals surface area (Å²) in [6.07, 6.45) is 3.99. The summed E-state index contributed by atoms with van der Waals surface area (Å²) in [5.41, 5.74) is 4.14. The van der Waals surface area contributed by atoms with Gasteiger partial charge in [0.1, 0.15) is 17.0 Å². The van der Waals surface area contributed by atoms with Crippen LogP contribution < -0.4 is 5.32 Å². The van der Waals surface area contributed by atoms with Crippen molar-refractivity contribution in [2.45, 2.75) is 46.2 Å². The number of hydrogen-bond donors (Lipinski definition) is 1. The molecule has 0 saturated carbocycles. The fraction of sp³-hybridized carbons (Fsp3) is 0.429. The van der Waals surface area contributed by atoms with Crippen molar-refractivity contribution >= 4 is 27.4 Å². The number of fused-ring (bicyclic) bond motifs is 1. The summed E-state index contributed by atoms with van der Waals surface area (Å²) < 4.78 is 0. The molecular weight excluding hydrogens is 340 g/mol. The molecule has 0 atom stereocenters. The van der Waals surface area contributed by atoms with Gasteiger partial charge in [-0.2, -0.15) is 0 Å². The minimum absolute atomic E-state index is 0.487. The van der Waals surface area contributed by atoms with Gasteiger partial charge in [0, 0.05) is 30.6 Å². The van der Waals surface area contributed by atoms with Crippen LogP contribution >= 0.6 is 11.3 Å². The molecule has 1 aliphatic heterocycles. The second-order valence-corrected chi connectivity index (χ2v) is 8.51. The molecule has 0 unspecified atom stereocenters. The van der Waals surface area contributed by atoms with Crippen LogP contribution in [0.15, 0.2) is 30.6 Å². The van der Waals surface area contributed by atoms with E-state index in [1.165, 1.54) is 27.0 Å². The molecule has 26 heavy (non-hydrogen) atoms. The zero-order valence-corrected chi connectivity index (χ0v) is 16.6. The molecule has 5 heteroatoms. The van der Waals surface area contributed by atoms with Gasteiger partial charge in [-0.3, -0.25) is 4.90 Å². The monoisotopic (exact) mass is 366 g/mol. The van der Waals surface area contributed by atoms with Gasteiger partial charge in [-0.05, 0) is 50.3 Å². The van der Waals surface area contributed by atoms with E-state index in [-0.39, 0.29) is 0 Å². The van der Waals surface area contributed by atoms with Crippen molar-refractivity contribution in [3.05, 3.63) is 52.2 Å². The van der Waals surface area contributed by atoms with Crippen LogP contribution in [0.3, 0.4) is 0 Å². The maximum Gasteiger partial charge on any atom is 0.138 e. The second-order valence-electron chi connectivity index (χ2n) is 7.31. The standard InChI is InChI=1S/C21H26N4S/c1-14-6-4-5-7-17(14)12-25-10-8-18(9-11-25)24-20-19-15(2)16(3)26-21(19)23-13-22-20/h4-7,13,18H,8-12H2,1-3H3,(H,22,23,24). The lowest BCUT2D eigenvalue weighted by Crippen LogP contribution is -2.39. The summed E-state index contributed by atoms with van der Waals surface area (Å²) in [5, 5.41) is 4.91. The first-order chi connectivity index (χ1) is 12.6. The molecule has 1 aliphatic rings. The summed E-state index contributed by atoms with van der Waals surface area (Å²) in [5.74, 6) is 1.01. The Morgan fingerprint density at radius 1 is 1.12 bits per heavy atom. The van der Waals surface area contributed by atoms with Crippen molar-refractivity contribution in [1.82, 2.24) is 14.9 Å². The second kappa shape index (κ2) is 7.33. The highest BCUT2D eigenvalue weighted by Gasteiger charge is 2.21. The highest BCUT2D eigenvalue weighted by molar-refractivity contribution is 7.18. The number of nitrogens with zero attached hydrogens (tertiary/aromatic N) is 3. The van der Waals surface area contributed by atoms with E-state index in [1.807, 2.05) is 0 Å². The molecule has 1 fully saturated rings. The lowest BCUT2D eigenvalue weighted by atomic mass is 10.0. The van der Waals surface area contributed by atoms with Crippen LogP contribution in [0.5, 0.6) is 0 Å². The number of piperidine rings is 1. The van der Waals surface area contributed by atoms with Gasteiger partial charge in [0.25, 0.3) is 0 Å². The molecule has 3 aromatic rings. The SMILES string of the molecule is Cc1ccccc1CN1CCC(Nc2ncnc3sc(C)c(C)c23)CC1. The average Bonchev–Trinajstić information content (AvgIpc) is 2.94. The predicted molar refractivity (Wildman–Crippen MR) is 110 cm³/mol. The molecule has 0 spiro atoms. The van der Waals surface area contributed by atoms with E-state index >= 15 is 0 Å². The Hall–Kier alpha value is -1.98. The maximum absolute atomic E-state index is 4.54. The largest absolute Gasteiger partial charge is 0.367 e. The Labute approximate surface area is 159 Å². The summed E-state index contributed by atoms with van der Waals surface area (Å²) in [4.78, 5) is 14.0. The first-order valence-electron chi connectivity index (χ1n) is 9.36. The lowest BCUT2D eigenvalue weighted by molar-refractivity contribution is 0.211. The van der Waals surface area contributed by atoms with Gasteiger partial charge in [-0.25, -0.2) is 9.97 Å². The molecule has 0 radical (unpaired) electrons. The van der Waals surface area contributed by atoms with Crippen LogP contribution in [0.4, 0.5) is 5.82 Å². The first-order valence-corrected chi connectivity index (χ1v) is 10.2. The molecule has 4 nitrogen and oxygen atoms in total. The molecule has 136 valence electrons. The number of nitrogens with one attached hydrogen (secondary N) is 1. The highest BCUT2D eigenvalue weighted by atomic mass is 32.1. The van der Waals surface area contributed by atoms with Gasteiger partial charge >= 0.3 is 0 Å². The third-order valence-corrected chi connectivity index (χ3v) is 6.66. The third-order valence-electron chi connectivity index (χ3n) is 5.55. The number of hydrogen-bond acceptors (Lipinski definition) is 5. The minimum atomic E-state index is 0.487. The summed E-state index contributed by atoms with van der Waals surface area (Å²) in [6.45, 7) is 9.85. The minimum Gasteiger partial charge on any atom is -0.367 e. The predicted octanol–water partition coefficient (Wildman–Crippen LogP) is 4.69. The van der Waals surface area contributed by atoms with Crippen molar-refractivity contribution in [2.75, 3.05) is 18.4 Å². The fourth-order valence-corrected chi connectivity index (χ4v) is 4.75. The number of rotatable bonds is 4. The van der Waals surface area contributed by atoms with Crippen molar-refractivity contribution in [1.29, 1.82) is 0 Å². The Bertz CT molecular complexity index is 910. The zero-order chi connectivity index (χ0) is 18.1. The zero-order valence-electron chi connectivity index (χ0n) is 15.7. The quantitative estimate of drug-likeness (QED) is 0.727. The molecule has 4 rings (SSSR count). The Kier molecular flexibility index (Phi) is 4.92. The van der Waals surface area contributed by atoms with Gasteiger partial charge in [-0.15, -0.1) is 11.3 Å². The van der Waals surface area contributed by atoms with Crippen LogP contribution in [0.1, 0.15) is 34.4 Å². The molecule has 0 amide bonds. The van der Waals surface area contributed by atoms with Gasteiger partial charge < -0.3 is 5.32 Å². The van der Waals surface area contributed by atoms with Crippen molar-refractivity contribution in [3.8, 4) is 0 Å². The Morgan fingerprint density at radius 3 is 2.65 bits per heavy atom. The molecule has 1 aromatic carbocycles. The highest BCUT2D eigenvalue weighted by Crippen LogP contribution is 2.33. The molecule has 1 saturated heterocycles. The van der Waals surface area contributed by atoms with Crippen molar-refractivity contribution in [3.63, 3.8) is 0 Å². The molecule has 0 aliphatic carbocycles. The maximum atomic E-state index is 4.54. The lowest BCUT2D eigenvalue weighted by Gasteiger charge is -2.33. The number of likely N-dealkylation sites (tertiary alicyclic amines) is 1. The number of anilines is 1. The van der Waals surface area contributed by atoms with E-state index in [0.717, 1.165) is 43.1 Å². The van der Waals surface area contributed by atoms with Gasteiger partial charge in [-0.1, -0.05) is 24.3 Å². The molecule has 1 N–H and O–H groups in total. The smallest absolute Gasteiger partial charge is 0.138 e. The molecule has 2 aromatic heterocycles. The Balaban J connectivity index is 1.41. The number of thiophene rings is 1. The van der Waals surface area contributed by atoms with E-state index in [9.17, 15) is 0 Å². The van der Waals surface area contributed by atoms with Gasteiger partial charge in [0.05, 0.1) is 5.39 Å². The van der Waals surface area contributed by atoms with E-state index in [0.29, 0.717) is 6.04 Å². The van der Waals surface area contributed by atoms with E-state index in [1.54, 1.807) is 17.7 Å². The third kappa shape index (κ3) is 3.46. The molecule has 3 heterocycles. The number of benzene rings is 1. The average molecular weight is 367 g/mol. The van der Waals surface area contributed by atoms with Gasteiger partial charge in [0.15, 0.2) is 0 Å². The van der Waals surface area contributed by atoms with E-state index in [2.05, 4.69) is 65.2 Å². The topological polar surface area (TPSA) is 41.0 Å². The van der Waals surface area contributed by atoms with Crippen LogP contribution in [-0.4, -0.2) is 34.0 Å². The molecular formula is C21H26N4S. The van der Waals surface area contributed by atoms with E-state index in [4.69, 9.17) is 0 Å². The summed E-state index contributed by atoms with van der Waals surface area (Å²) in [7, 11) is 0. The number of aryl methyl sites for hydroxylation is 3. The van der Waals surface area contributed by atoms with Gasteiger partial charge in [0.2, 0.25) is 0 Å². The van der Waals surface area contributed by atoms with Crippen LogP contribution in [0, 0.1) is 20.8 Å². The van der Waals surface area contributed by atoms with Crippen molar-refractivity contribution in [2.24, 2.45) is 0 Å². The van der Waals surface area contributed by atoms with E-state index < -0.39 is 0 Å². The van der Waals surface area contributed by atoms with Crippen molar-refractivity contribution < 1.29 is 0 Å². The number of aromatic nitrogens is 2. The fourth-order valence-electron chi connectivity index (χ4n) is 3.75. The summed E-state index contributed by atoms with van der Waals surface area (Å²) in [6, 6.07) is 9.20. The molecule has 0 bridgehead atoms. The first kappa shape index (κ1) is 17.4.